The fourth-order valence-corrected chi connectivity index (χ4v) is 5.05. The van der Waals surface area contributed by atoms with Crippen LogP contribution in [-0.2, 0) is 15.0 Å². The highest BCUT2D eigenvalue weighted by atomic mass is 16.2. The first kappa shape index (κ1) is 19.7. The second-order valence-electron chi connectivity index (χ2n) is 8.72. The standard InChI is InChI=1S/C25H30N2O2/c1-19(2)27-17-20(16-23(27)28)24(29)26-15-9-14-25(18-26,21-10-5-3-6-11-21)22-12-7-4-8-13-22/h3-8,10-13,19-20H,9,14-18H2,1-2H3. The summed E-state index contributed by atoms with van der Waals surface area (Å²) in [6.45, 7) is 6.03. The topological polar surface area (TPSA) is 40.6 Å². The Morgan fingerprint density at radius 1 is 1.00 bits per heavy atom. The van der Waals surface area contributed by atoms with Gasteiger partial charge >= 0.3 is 0 Å². The van der Waals surface area contributed by atoms with Crippen molar-refractivity contribution in [1.29, 1.82) is 0 Å². The summed E-state index contributed by atoms with van der Waals surface area (Å²) in [6.07, 6.45) is 2.33. The van der Waals surface area contributed by atoms with Crippen LogP contribution in [0.4, 0.5) is 0 Å². The van der Waals surface area contributed by atoms with E-state index in [-0.39, 0.29) is 29.2 Å². The van der Waals surface area contributed by atoms with Crippen LogP contribution >= 0.6 is 0 Å². The quantitative estimate of drug-likeness (QED) is 0.796. The van der Waals surface area contributed by atoms with Gasteiger partial charge in [0.1, 0.15) is 0 Å². The van der Waals surface area contributed by atoms with E-state index >= 15 is 0 Å². The average molecular weight is 391 g/mol. The minimum Gasteiger partial charge on any atom is -0.341 e. The van der Waals surface area contributed by atoms with Crippen molar-refractivity contribution < 1.29 is 9.59 Å². The molecule has 2 heterocycles. The van der Waals surface area contributed by atoms with Crippen molar-refractivity contribution in [2.24, 2.45) is 5.92 Å². The summed E-state index contributed by atoms with van der Waals surface area (Å²) in [5.74, 6) is 0.0254. The molecule has 2 amide bonds. The lowest BCUT2D eigenvalue weighted by atomic mass is 9.69. The Labute approximate surface area is 173 Å². The van der Waals surface area contributed by atoms with E-state index in [1.807, 2.05) is 35.8 Å². The molecule has 0 aromatic heterocycles. The van der Waals surface area contributed by atoms with Gasteiger partial charge in [-0.2, -0.15) is 0 Å². The molecule has 2 aliphatic rings. The van der Waals surface area contributed by atoms with Gasteiger partial charge in [0.2, 0.25) is 11.8 Å². The fourth-order valence-electron chi connectivity index (χ4n) is 5.05. The normalized spacial score (nSPS) is 21.6. The van der Waals surface area contributed by atoms with Gasteiger partial charge in [-0.15, -0.1) is 0 Å². The number of benzene rings is 2. The number of amides is 2. The van der Waals surface area contributed by atoms with Crippen LogP contribution in [0, 0.1) is 5.92 Å². The van der Waals surface area contributed by atoms with Gasteiger partial charge in [0.15, 0.2) is 0 Å². The maximum absolute atomic E-state index is 13.4. The highest BCUT2D eigenvalue weighted by Crippen LogP contribution is 2.41. The third kappa shape index (κ3) is 3.68. The van der Waals surface area contributed by atoms with Gasteiger partial charge in [0.05, 0.1) is 5.92 Å². The second-order valence-corrected chi connectivity index (χ2v) is 8.72. The second kappa shape index (κ2) is 8.02. The molecule has 4 heteroatoms. The lowest BCUT2D eigenvalue weighted by molar-refractivity contribution is -0.137. The summed E-state index contributed by atoms with van der Waals surface area (Å²) in [5, 5.41) is 0. The molecule has 0 aliphatic carbocycles. The molecule has 0 bridgehead atoms. The number of likely N-dealkylation sites (tertiary alicyclic amines) is 2. The molecule has 0 saturated carbocycles. The van der Waals surface area contributed by atoms with Gasteiger partial charge in [-0.3, -0.25) is 9.59 Å². The van der Waals surface area contributed by atoms with E-state index in [9.17, 15) is 9.59 Å². The van der Waals surface area contributed by atoms with Gasteiger partial charge in [0, 0.05) is 37.5 Å². The summed E-state index contributed by atoms with van der Waals surface area (Å²) in [6, 6.07) is 21.3. The Morgan fingerprint density at radius 2 is 1.59 bits per heavy atom. The largest absolute Gasteiger partial charge is 0.341 e. The zero-order valence-electron chi connectivity index (χ0n) is 17.4. The molecule has 1 atom stereocenters. The molecule has 2 aromatic carbocycles. The van der Waals surface area contributed by atoms with E-state index in [2.05, 4.69) is 48.5 Å². The molecule has 0 spiro atoms. The van der Waals surface area contributed by atoms with E-state index in [0.29, 0.717) is 19.5 Å². The van der Waals surface area contributed by atoms with Crippen LogP contribution in [0.1, 0.15) is 44.2 Å². The molecule has 4 rings (SSSR count). The Kier molecular flexibility index (Phi) is 5.44. The summed E-state index contributed by atoms with van der Waals surface area (Å²) in [7, 11) is 0. The predicted octanol–water partition coefficient (Wildman–Crippen LogP) is 3.85. The van der Waals surface area contributed by atoms with Crippen LogP contribution in [0.2, 0.25) is 0 Å². The minimum atomic E-state index is -0.216. The van der Waals surface area contributed by atoms with Crippen LogP contribution in [0.25, 0.3) is 0 Å². The van der Waals surface area contributed by atoms with Gasteiger partial charge in [-0.25, -0.2) is 0 Å². The first-order valence-corrected chi connectivity index (χ1v) is 10.7. The Balaban J connectivity index is 1.63. The highest BCUT2D eigenvalue weighted by molar-refractivity contribution is 5.89. The molecule has 152 valence electrons. The highest BCUT2D eigenvalue weighted by Gasteiger charge is 2.43. The van der Waals surface area contributed by atoms with Crippen molar-refractivity contribution in [2.45, 2.75) is 44.6 Å². The maximum atomic E-state index is 13.4. The van der Waals surface area contributed by atoms with Crippen molar-refractivity contribution in [3.8, 4) is 0 Å². The van der Waals surface area contributed by atoms with Crippen molar-refractivity contribution in [2.75, 3.05) is 19.6 Å². The van der Waals surface area contributed by atoms with Gasteiger partial charge in [-0.05, 0) is 37.8 Å². The molecule has 4 nitrogen and oxygen atoms in total. The maximum Gasteiger partial charge on any atom is 0.228 e. The summed E-state index contributed by atoms with van der Waals surface area (Å²) < 4.78 is 0. The van der Waals surface area contributed by atoms with Crippen molar-refractivity contribution in [3.05, 3.63) is 71.8 Å². The van der Waals surface area contributed by atoms with Crippen molar-refractivity contribution in [1.82, 2.24) is 9.80 Å². The van der Waals surface area contributed by atoms with Crippen LogP contribution in [0.3, 0.4) is 0 Å². The molecule has 0 radical (unpaired) electrons. The number of carbonyl (C=O) groups is 2. The van der Waals surface area contributed by atoms with E-state index in [4.69, 9.17) is 0 Å². The lowest BCUT2D eigenvalue weighted by Crippen LogP contribution is -2.51. The number of rotatable bonds is 4. The SMILES string of the molecule is CC(C)N1CC(C(=O)N2CCCC(c3ccccc3)(c3ccccc3)C2)CC1=O. The van der Waals surface area contributed by atoms with Crippen molar-refractivity contribution in [3.63, 3.8) is 0 Å². The number of hydrogen-bond acceptors (Lipinski definition) is 2. The molecule has 2 fully saturated rings. The van der Waals surface area contributed by atoms with Crippen molar-refractivity contribution >= 4 is 11.8 Å². The molecule has 29 heavy (non-hydrogen) atoms. The zero-order chi connectivity index (χ0) is 20.4. The third-order valence-electron chi connectivity index (χ3n) is 6.59. The molecule has 2 aliphatic heterocycles. The van der Waals surface area contributed by atoms with Gasteiger partial charge in [-0.1, -0.05) is 60.7 Å². The Morgan fingerprint density at radius 3 is 2.10 bits per heavy atom. The third-order valence-corrected chi connectivity index (χ3v) is 6.59. The molecule has 1 unspecified atom stereocenters. The Hall–Kier alpha value is -2.62. The predicted molar refractivity (Wildman–Crippen MR) is 114 cm³/mol. The van der Waals surface area contributed by atoms with E-state index in [1.54, 1.807) is 0 Å². The van der Waals surface area contributed by atoms with E-state index in [1.165, 1.54) is 11.1 Å². The molecule has 0 N–H and O–H groups in total. The van der Waals surface area contributed by atoms with Crippen LogP contribution in [-0.4, -0.2) is 47.3 Å². The summed E-state index contributed by atoms with van der Waals surface area (Å²) in [5.41, 5.74) is 2.32. The number of hydrogen-bond donors (Lipinski definition) is 0. The van der Waals surface area contributed by atoms with Crippen LogP contribution in [0.5, 0.6) is 0 Å². The summed E-state index contributed by atoms with van der Waals surface area (Å²) in [4.78, 5) is 29.6. The fraction of sp³-hybridized carbons (Fsp3) is 0.440. The molecule has 2 saturated heterocycles. The molecular formula is C25H30N2O2. The number of piperidine rings is 1. The van der Waals surface area contributed by atoms with E-state index < -0.39 is 0 Å². The number of carbonyl (C=O) groups excluding carboxylic acids is 2. The summed E-state index contributed by atoms with van der Waals surface area (Å²) >= 11 is 0. The Bertz CT molecular complexity index is 823. The minimum absolute atomic E-state index is 0.104. The monoisotopic (exact) mass is 390 g/mol. The molecule has 2 aromatic rings. The number of nitrogens with zero attached hydrogens (tertiary/aromatic N) is 2. The van der Waals surface area contributed by atoms with E-state index in [0.717, 1.165) is 19.4 Å². The molecular weight excluding hydrogens is 360 g/mol. The lowest BCUT2D eigenvalue weighted by Gasteiger charge is -2.44. The first-order valence-electron chi connectivity index (χ1n) is 10.7. The average Bonchev–Trinajstić information content (AvgIpc) is 3.16. The first-order chi connectivity index (χ1) is 14.0. The van der Waals surface area contributed by atoms with Crippen LogP contribution in [0.15, 0.2) is 60.7 Å². The van der Waals surface area contributed by atoms with Crippen LogP contribution < -0.4 is 0 Å². The van der Waals surface area contributed by atoms with Gasteiger partial charge < -0.3 is 9.80 Å². The zero-order valence-corrected chi connectivity index (χ0v) is 17.4. The smallest absolute Gasteiger partial charge is 0.228 e. The van der Waals surface area contributed by atoms with Gasteiger partial charge in [0.25, 0.3) is 0 Å².